The largest absolute Gasteiger partial charge is 0.329 e. The minimum atomic E-state index is 0.300. The molecule has 2 aromatic rings. The smallest absolute Gasteiger partial charge is 0.180 e. The maximum Gasteiger partial charge on any atom is 0.180 e. The molecule has 0 spiro atoms. The molecule has 0 aliphatic heterocycles. The van der Waals surface area contributed by atoms with E-state index in [-0.39, 0.29) is 0 Å². The van der Waals surface area contributed by atoms with Crippen molar-refractivity contribution in [1.82, 2.24) is 29.8 Å². The van der Waals surface area contributed by atoms with Crippen LogP contribution in [0, 0.1) is 0 Å². The number of aryl methyl sites for hydroxylation is 1. The van der Waals surface area contributed by atoms with E-state index >= 15 is 0 Å². The fourth-order valence-corrected chi connectivity index (χ4v) is 1.51. The average molecular weight is 235 g/mol. The first kappa shape index (κ1) is 11.7. The Balaban J connectivity index is 2.31. The number of nitrogens with zero attached hydrogens (tertiary/aromatic N) is 6. The molecule has 0 aliphatic carbocycles. The van der Waals surface area contributed by atoms with E-state index in [9.17, 15) is 0 Å². The lowest BCUT2D eigenvalue weighted by Crippen LogP contribution is -2.10. The molecule has 0 aromatic carbocycles. The highest BCUT2D eigenvalue weighted by Crippen LogP contribution is 2.16. The summed E-state index contributed by atoms with van der Waals surface area (Å²) in [4.78, 5) is 4.46. The van der Waals surface area contributed by atoms with Crippen LogP contribution in [0.2, 0.25) is 0 Å². The molecule has 17 heavy (non-hydrogen) atoms. The number of nitrogens with two attached hydrogens (primary N) is 1. The SMILES string of the molecule is CC(C)c1nc(-c2cn(CCN)nn2)n(C)n1. The van der Waals surface area contributed by atoms with E-state index < -0.39 is 0 Å². The zero-order chi connectivity index (χ0) is 12.4. The second kappa shape index (κ2) is 4.62. The Hall–Kier alpha value is -1.76. The van der Waals surface area contributed by atoms with Crippen molar-refractivity contribution < 1.29 is 0 Å². The van der Waals surface area contributed by atoms with Gasteiger partial charge in [0.15, 0.2) is 11.6 Å². The molecule has 0 atom stereocenters. The van der Waals surface area contributed by atoms with E-state index in [0.29, 0.717) is 19.0 Å². The summed E-state index contributed by atoms with van der Waals surface area (Å²) in [6.07, 6.45) is 1.83. The van der Waals surface area contributed by atoms with Crippen molar-refractivity contribution in [3.8, 4) is 11.5 Å². The third kappa shape index (κ3) is 2.33. The lowest BCUT2D eigenvalue weighted by Gasteiger charge is -1.93. The molecule has 92 valence electrons. The molecule has 0 bridgehead atoms. The van der Waals surface area contributed by atoms with E-state index in [1.54, 1.807) is 9.36 Å². The van der Waals surface area contributed by atoms with Crippen molar-refractivity contribution in [1.29, 1.82) is 0 Å². The van der Waals surface area contributed by atoms with Gasteiger partial charge in [-0.1, -0.05) is 19.1 Å². The second-order valence-corrected chi connectivity index (χ2v) is 4.23. The average Bonchev–Trinajstić information content (AvgIpc) is 2.85. The highest BCUT2D eigenvalue weighted by molar-refractivity contribution is 5.46. The molecule has 2 rings (SSSR count). The monoisotopic (exact) mass is 235 g/mol. The van der Waals surface area contributed by atoms with Gasteiger partial charge in [-0.25, -0.2) is 9.67 Å². The first-order chi connectivity index (χ1) is 8.11. The zero-order valence-electron chi connectivity index (χ0n) is 10.3. The Bertz CT molecular complexity index is 496. The molecule has 7 nitrogen and oxygen atoms in total. The maximum absolute atomic E-state index is 5.46. The molecule has 0 amide bonds. The van der Waals surface area contributed by atoms with Gasteiger partial charge in [0.25, 0.3) is 0 Å². The Morgan fingerprint density at radius 2 is 2.18 bits per heavy atom. The summed E-state index contributed by atoms with van der Waals surface area (Å²) in [5.74, 6) is 1.85. The van der Waals surface area contributed by atoms with Crippen LogP contribution < -0.4 is 5.73 Å². The predicted molar refractivity (Wildman–Crippen MR) is 63.2 cm³/mol. The van der Waals surface area contributed by atoms with Crippen molar-refractivity contribution in [3.63, 3.8) is 0 Å². The maximum atomic E-state index is 5.46. The van der Waals surface area contributed by atoms with E-state index in [0.717, 1.165) is 17.3 Å². The Kier molecular flexibility index (Phi) is 3.19. The van der Waals surface area contributed by atoms with Gasteiger partial charge in [-0.3, -0.25) is 4.68 Å². The molecule has 0 radical (unpaired) electrons. The van der Waals surface area contributed by atoms with Gasteiger partial charge in [-0.2, -0.15) is 5.10 Å². The fraction of sp³-hybridized carbons (Fsp3) is 0.600. The molecular weight excluding hydrogens is 218 g/mol. The van der Waals surface area contributed by atoms with Gasteiger partial charge in [0.05, 0.1) is 12.7 Å². The zero-order valence-corrected chi connectivity index (χ0v) is 10.3. The molecule has 0 saturated carbocycles. The summed E-state index contributed by atoms with van der Waals surface area (Å²) >= 11 is 0. The van der Waals surface area contributed by atoms with Crippen LogP contribution in [-0.2, 0) is 13.6 Å². The molecule has 0 fully saturated rings. The Labute approximate surface area is 99.6 Å². The van der Waals surface area contributed by atoms with E-state index in [2.05, 4.69) is 34.2 Å². The highest BCUT2D eigenvalue weighted by atomic mass is 15.4. The number of hydrogen-bond acceptors (Lipinski definition) is 5. The Morgan fingerprint density at radius 3 is 2.76 bits per heavy atom. The van der Waals surface area contributed by atoms with Crippen molar-refractivity contribution in [3.05, 3.63) is 12.0 Å². The van der Waals surface area contributed by atoms with Gasteiger partial charge < -0.3 is 5.73 Å². The van der Waals surface area contributed by atoms with Crippen LogP contribution in [0.3, 0.4) is 0 Å². The number of rotatable bonds is 4. The van der Waals surface area contributed by atoms with Crippen LogP contribution in [0.15, 0.2) is 6.20 Å². The lowest BCUT2D eigenvalue weighted by molar-refractivity contribution is 0.598. The first-order valence-electron chi connectivity index (χ1n) is 5.63. The normalized spacial score (nSPS) is 11.4. The summed E-state index contributed by atoms with van der Waals surface area (Å²) in [7, 11) is 1.86. The fourth-order valence-electron chi connectivity index (χ4n) is 1.51. The van der Waals surface area contributed by atoms with E-state index in [4.69, 9.17) is 5.73 Å². The highest BCUT2D eigenvalue weighted by Gasteiger charge is 2.14. The van der Waals surface area contributed by atoms with Gasteiger partial charge in [-0.05, 0) is 0 Å². The van der Waals surface area contributed by atoms with Crippen LogP contribution in [0.1, 0.15) is 25.6 Å². The standard InChI is InChI=1S/C10H17N7/c1-7(2)9-12-10(16(3)14-9)8-6-17(5-4-11)15-13-8/h6-7H,4-5,11H2,1-3H3. The van der Waals surface area contributed by atoms with Gasteiger partial charge in [0.2, 0.25) is 0 Å². The van der Waals surface area contributed by atoms with E-state index in [1.807, 2.05) is 13.2 Å². The van der Waals surface area contributed by atoms with Gasteiger partial charge in [0, 0.05) is 19.5 Å². The second-order valence-electron chi connectivity index (χ2n) is 4.23. The van der Waals surface area contributed by atoms with Crippen molar-refractivity contribution in [2.75, 3.05) is 6.54 Å². The summed E-state index contributed by atoms with van der Waals surface area (Å²) in [5.41, 5.74) is 6.18. The minimum Gasteiger partial charge on any atom is -0.329 e. The topological polar surface area (TPSA) is 87.4 Å². The molecule has 2 N–H and O–H groups in total. The lowest BCUT2D eigenvalue weighted by atomic mass is 10.2. The van der Waals surface area contributed by atoms with Crippen LogP contribution in [0.5, 0.6) is 0 Å². The molecule has 0 saturated heterocycles. The number of hydrogen-bond donors (Lipinski definition) is 1. The summed E-state index contributed by atoms with van der Waals surface area (Å²) < 4.78 is 3.44. The minimum absolute atomic E-state index is 0.300. The van der Waals surface area contributed by atoms with E-state index in [1.165, 1.54) is 0 Å². The summed E-state index contributed by atoms with van der Waals surface area (Å²) in [6, 6.07) is 0. The molecule has 2 heterocycles. The third-order valence-corrected chi connectivity index (χ3v) is 2.42. The molecule has 7 heteroatoms. The quantitative estimate of drug-likeness (QED) is 0.815. The van der Waals surface area contributed by atoms with Crippen molar-refractivity contribution in [2.45, 2.75) is 26.3 Å². The van der Waals surface area contributed by atoms with Crippen molar-refractivity contribution in [2.24, 2.45) is 12.8 Å². The first-order valence-corrected chi connectivity index (χ1v) is 5.63. The van der Waals surface area contributed by atoms with Gasteiger partial charge >= 0.3 is 0 Å². The number of aromatic nitrogens is 6. The van der Waals surface area contributed by atoms with Crippen molar-refractivity contribution >= 4 is 0 Å². The van der Waals surface area contributed by atoms with Crippen LogP contribution in [0.4, 0.5) is 0 Å². The molecular formula is C10H17N7. The van der Waals surface area contributed by atoms with Gasteiger partial charge in [0.1, 0.15) is 5.69 Å². The molecule has 2 aromatic heterocycles. The predicted octanol–water partition coefficient (Wildman–Crippen LogP) is 0.156. The van der Waals surface area contributed by atoms with Crippen LogP contribution in [0.25, 0.3) is 11.5 Å². The molecule has 0 unspecified atom stereocenters. The summed E-state index contributed by atoms with van der Waals surface area (Å²) in [6.45, 7) is 5.32. The Morgan fingerprint density at radius 1 is 1.41 bits per heavy atom. The molecule has 0 aliphatic rings. The van der Waals surface area contributed by atoms with Crippen LogP contribution >= 0.6 is 0 Å². The van der Waals surface area contributed by atoms with Gasteiger partial charge in [-0.15, -0.1) is 5.10 Å². The third-order valence-electron chi connectivity index (χ3n) is 2.42. The van der Waals surface area contributed by atoms with Crippen LogP contribution in [-0.4, -0.2) is 36.3 Å². The summed E-state index contributed by atoms with van der Waals surface area (Å²) in [5, 5.41) is 12.4.